The Morgan fingerprint density at radius 1 is 1.23 bits per heavy atom. The fourth-order valence-electron chi connectivity index (χ4n) is 6.04. The second kappa shape index (κ2) is 4.38. The lowest BCUT2D eigenvalue weighted by atomic mass is 9.63. The van der Waals surface area contributed by atoms with Gasteiger partial charge in [-0.05, 0) is 62.6 Å². The Bertz CT molecular complexity index is 743. The van der Waals surface area contributed by atoms with Crippen LogP contribution < -0.4 is 0 Å². The summed E-state index contributed by atoms with van der Waals surface area (Å²) in [7, 11) is 0. The number of rotatable bonds is 1. The van der Waals surface area contributed by atoms with Crippen LogP contribution >= 0.6 is 0 Å². The van der Waals surface area contributed by atoms with Crippen molar-refractivity contribution in [1.82, 2.24) is 9.47 Å². The number of hydrogen-bond donors (Lipinski definition) is 0. The van der Waals surface area contributed by atoms with Crippen molar-refractivity contribution in [2.45, 2.75) is 58.0 Å². The molecule has 0 radical (unpaired) electrons. The Labute approximate surface area is 133 Å². The number of hydrogen-bond acceptors (Lipinski definition) is 1. The summed E-state index contributed by atoms with van der Waals surface area (Å²) in [5, 5.41) is 1.53. The van der Waals surface area contributed by atoms with E-state index in [2.05, 4.69) is 47.6 Å². The van der Waals surface area contributed by atoms with Crippen LogP contribution in [0.4, 0.5) is 0 Å². The molecule has 0 N–H and O–H groups in total. The van der Waals surface area contributed by atoms with Crippen molar-refractivity contribution in [1.29, 1.82) is 0 Å². The lowest BCUT2D eigenvalue weighted by molar-refractivity contribution is -0.0336. The van der Waals surface area contributed by atoms with Crippen molar-refractivity contribution in [3.8, 4) is 0 Å². The monoisotopic (exact) mass is 294 g/mol. The van der Waals surface area contributed by atoms with Crippen molar-refractivity contribution < 1.29 is 0 Å². The highest BCUT2D eigenvalue weighted by Gasteiger charge is 2.52. The molecule has 1 unspecified atom stereocenters. The van der Waals surface area contributed by atoms with E-state index >= 15 is 0 Å². The molecular weight excluding hydrogens is 268 g/mol. The number of para-hydroxylation sites is 1. The van der Waals surface area contributed by atoms with E-state index in [9.17, 15) is 0 Å². The quantitative estimate of drug-likeness (QED) is 0.740. The summed E-state index contributed by atoms with van der Waals surface area (Å²) in [4.78, 5) is 2.82. The molecule has 1 aromatic heterocycles. The highest BCUT2D eigenvalue weighted by molar-refractivity contribution is 5.86. The maximum atomic E-state index is 2.82. The maximum Gasteiger partial charge on any atom is 0.0561 e. The molecule has 3 atom stereocenters. The summed E-state index contributed by atoms with van der Waals surface area (Å²) in [5.41, 5.74) is 5.37. The Morgan fingerprint density at radius 2 is 2.09 bits per heavy atom. The fourth-order valence-corrected chi connectivity index (χ4v) is 6.04. The molecule has 5 rings (SSSR count). The molecule has 3 aliphatic heterocycles. The van der Waals surface area contributed by atoms with Crippen LogP contribution in [0.25, 0.3) is 10.9 Å². The maximum absolute atomic E-state index is 2.82. The normalized spacial score (nSPS) is 33.9. The minimum Gasteiger partial charge on any atom is -0.340 e. The zero-order valence-corrected chi connectivity index (χ0v) is 13.8. The lowest BCUT2D eigenvalue weighted by Crippen LogP contribution is -2.52. The van der Waals surface area contributed by atoms with E-state index in [1.165, 1.54) is 56.1 Å². The third-order valence-corrected chi connectivity index (χ3v) is 6.88. The third-order valence-electron chi connectivity index (χ3n) is 6.88. The van der Waals surface area contributed by atoms with Gasteiger partial charge in [-0.25, -0.2) is 0 Å². The van der Waals surface area contributed by atoms with Gasteiger partial charge in [0.1, 0.15) is 0 Å². The van der Waals surface area contributed by atoms with Gasteiger partial charge in [0, 0.05) is 29.2 Å². The summed E-state index contributed by atoms with van der Waals surface area (Å²) in [6.07, 6.45) is 6.75. The van der Waals surface area contributed by atoms with Gasteiger partial charge < -0.3 is 4.57 Å². The van der Waals surface area contributed by atoms with Crippen LogP contribution in [-0.2, 0) is 6.42 Å². The number of fused-ring (bicyclic) bond motifs is 3. The molecule has 0 bridgehead atoms. The van der Waals surface area contributed by atoms with E-state index in [4.69, 9.17) is 0 Å². The van der Waals surface area contributed by atoms with Crippen LogP contribution in [0.5, 0.6) is 0 Å². The van der Waals surface area contributed by atoms with Gasteiger partial charge in [-0.3, -0.25) is 4.90 Å². The first-order valence-electron chi connectivity index (χ1n) is 9.11. The van der Waals surface area contributed by atoms with Crippen molar-refractivity contribution in [3.05, 3.63) is 35.5 Å². The van der Waals surface area contributed by atoms with Gasteiger partial charge >= 0.3 is 0 Å². The summed E-state index contributed by atoms with van der Waals surface area (Å²) in [5.74, 6) is 0. The summed E-state index contributed by atoms with van der Waals surface area (Å²) in [6.45, 7) is 7.46. The van der Waals surface area contributed by atoms with E-state index in [0.717, 1.165) is 0 Å². The molecule has 22 heavy (non-hydrogen) atoms. The summed E-state index contributed by atoms with van der Waals surface area (Å²) in [6, 6.07) is 10.5. The lowest BCUT2D eigenvalue weighted by Gasteiger charge is -2.56. The molecule has 2 nitrogen and oxygen atoms in total. The Kier molecular flexibility index (Phi) is 2.63. The highest BCUT2D eigenvalue weighted by atomic mass is 15.2. The Balaban J connectivity index is 1.85. The average Bonchev–Trinajstić information content (AvgIpc) is 2.89. The minimum absolute atomic E-state index is 0.525. The van der Waals surface area contributed by atoms with Crippen LogP contribution in [0.2, 0.25) is 0 Å². The zero-order chi connectivity index (χ0) is 14.9. The summed E-state index contributed by atoms with van der Waals surface area (Å²) >= 11 is 0. The van der Waals surface area contributed by atoms with Crippen LogP contribution in [0.1, 0.15) is 62.9 Å². The molecule has 2 aromatic rings. The summed E-state index contributed by atoms with van der Waals surface area (Å²) < 4.78 is 2.71. The predicted molar refractivity (Wildman–Crippen MR) is 91.2 cm³/mol. The molecule has 0 saturated carbocycles. The SMILES string of the molecule is CC[C@]12CCCN3CCc4c(n(c5ccccc45)C(C)C1)[C@@H]32. The van der Waals surface area contributed by atoms with Gasteiger partial charge in [0.15, 0.2) is 0 Å². The molecular formula is C20H26N2. The highest BCUT2D eigenvalue weighted by Crippen LogP contribution is 2.59. The number of piperidine rings is 1. The zero-order valence-electron chi connectivity index (χ0n) is 13.8. The first-order chi connectivity index (χ1) is 10.7. The van der Waals surface area contributed by atoms with E-state index in [0.29, 0.717) is 17.5 Å². The van der Waals surface area contributed by atoms with Gasteiger partial charge in [-0.2, -0.15) is 0 Å². The molecule has 2 heteroatoms. The van der Waals surface area contributed by atoms with Crippen molar-refractivity contribution >= 4 is 10.9 Å². The standard InChI is InChI=1S/C20H26N2/c1-3-20-10-6-11-21-12-9-16-15-7-4-5-8-17(15)22(14(2)13-20)18(16)19(20)21/h4-5,7-8,14,19H,3,6,9-13H2,1-2H3/t14?,19-,20+/m1/s1. The number of aromatic nitrogens is 1. The van der Waals surface area contributed by atoms with Crippen LogP contribution in [-0.4, -0.2) is 22.6 Å². The predicted octanol–water partition coefficient (Wildman–Crippen LogP) is 4.70. The van der Waals surface area contributed by atoms with Gasteiger partial charge in [-0.1, -0.05) is 25.1 Å². The molecule has 116 valence electrons. The number of nitrogens with zero attached hydrogens (tertiary/aromatic N) is 2. The smallest absolute Gasteiger partial charge is 0.0561 e. The molecule has 0 spiro atoms. The molecule has 1 fully saturated rings. The van der Waals surface area contributed by atoms with E-state index in [1.807, 2.05) is 0 Å². The van der Waals surface area contributed by atoms with E-state index in [1.54, 1.807) is 11.3 Å². The Morgan fingerprint density at radius 3 is 2.95 bits per heavy atom. The molecule has 1 saturated heterocycles. The first kappa shape index (κ1) is 13.2. The fraction of sp³-hybridized carbons (Fsp3) is 0.600. The van der Waals surface area contributed by atoms with E-state index < -0.39 is 0 Å². The third kappa shape index (κ3) is 1.45. The second-order valence-electron chi connectivity index (χ2n) is 7.81. The van der Waals surface area contributed by atoms with Gasteiger partial charge in [0.05, 0.1) is 6.04 Å². The van der Waals surface area contributed by atoms with Crippen molar-refractivity contribution in [2.24, 2.45) is 5.41 Å². The topological polar surface area (TPSA) is 8.17 Å². The molecule has 1 aromatic carbocycles. The molecule has 4 heterocycles. The van der Waals surface area contributed by atoms with Crippen molar-refractivity contribution in [2.75, 3.05) is 13.1 Å². The minimum atomic E-state index is 0.525. The van der Waals surface area contributed by atoms with Gasteiger partial charge in [-0.15, -0.1) is 0 Å². The van der Waals surface area contributed by atoms with Crippen LogP contribution in [0, 0.1) is 5.41 Å². The number of benzene rings is 1. The van der Waals surface area contributed by atoms with Gasteiger partial charge in [0.25, 0.3) is 0 Å². The molecule has 3 aliphatic rings. The first-order valence-corrected chi connectivity index (χ1v) is 9.11. The molecule has 0 aliphatic carbocycles. The largest absolute Gasteiger partial charge is 0.340 e. The van der Waals surface area contributed by atoms with Crippen LogP contribution in [0.15, 0.2) is 24.3 Å². The van der Waals surface area contributed by atoms with Crippen molar-refractivity contribution in [3.63, 3.8) is 0 Å². The van der Waals surface area contributed by atoms with E-state index in [-0.39, 0.29) is 0 Å². The molecule has 0 amide bonds. The average molecular weight is 294 g/mol. The Hall–Kier alpha value is -1.28. The second-order valence-corrected chi connectivity index (χ2v) is 7.81. The van der Waals surface area contributed by atoms with Crippen LogP contribution in [0.3, 0.4) is 0 Å². The van der Waals surface area contributed by atoms with Gasteiger partial charge in [0.2, 0.25) is 0 Å².